The van der Waals surface area contributed by atoms with E-state index in [0.29, 0.717) is 26.7 Å². The highest BCUT2D eigenvalue weighted by Crippen LogP contribution is 2.33. The van der Waals surface area contributed by atoms with Gasteiger partial charge in [0.1, 0.15) is 11.9 Å². The predicted octanol–water partition coefficient (Wildman–Crippen LogP) is 4.04. The molecule has 1 N–H and O–H groups in total. The first kappa shape index (κ1) is 14.7. The first-order chi connectivity index (χ1) is 9.04. The Balaban J connectivity index is 2.46. The van der Waals surface area contributed by atoms with E-state index in [2.05, 4.69) is 37.0 Å². The molecule has 3 nitrogen and oxygen atoms in total. The third kappa shape index (κ3) is 3.07. The van der Waals surface area contributed by atoms with E-state index in [9.17, 15) is 9.50 Å². The van der Waals surface area contributed by atoms with Crippen molar-refractivity contribution in [3.8, 4) is 0 Å². The van der Waals surface area contributed by atoms with Crippen molar-refractivity contribution in [2.45, 2.75) is 26.0 Å². The van der Waals surface area contributed by atoms with Crippen LogP contribution in [0.25, 0.3) is 0 Å². The molecule has 1 aromatic carbocycles. The lowest BCUT2D eigenvalue weighted by Gasteiger charge is -2.15. The number of hydrogen-bond acceptors (Lipinski definition) is 2. The second-order valence-electron chi connectivity index (χ2n) is 4.17. The average Bonchev–Trinajstić information content (AvgIpc) is 2.73. The highest BCUT2D eigenvalue weighted by atomic mass is 79.9. The Bertz CT molecular complexity index is 586. The van der Waals surface area contributed by atoms with Gasteiger partial charge in [0, 0.05) is 16.6 Å². The summed E-state index contributed by atoms with van der Waals surface area (Å²) in [6.45, 7) is 2.73. The van der Waals surface area contributed by atoms with Gasteiger partial charge in [-0.25, -0.2) is 4.39 Å². The monoisotopic (exact) mass is 390 g/mol. The fraction of sp³-hybridized carbons (Fsp3) is 0.308. The highest BCUT2D eigenvalue weighted by molar-refractivity contribution is 9.10. The molecular formula is C13H13Br2FN2O. The van der Waals surface area contributed by atoms with E-state index < -0.39 is 6.10 Å². The molecule has 6 heteroatoms. The number of halogens is 3. The van der Waals surface area contributed by atoms with Gasteiger partial charge in [-0.3, -0.25) is 4.68 Å². The van der Waals surface area contributed by atoms with Gasteiger partial charge in [-0.15, -0.1) is 0 Å². The van der Waals surface area contributed by atoms with Crippen molar-refractivity contribution in [3.63, 3.8) is 0 Å². The summed E-state index contributed by atoms with van der Waals surface area (Å²) in [5.41, 5.74) is 1.12. The molecule has 0 saturated carbocycles. The van der Waals surface area contributed by atoms with Gasteiger partial charge in [-0.2, -0.15) is 5.10 Å². The Morgan fingerprint density at radius 2 is 2.11 bits per heavy atom. The Morgan fingerprint density at radius 1 is 1.37 bits per heavy atom. The maximum Gasteiger partial charge on any atom is 0.123 e. The van der Waals surface area contributed by atoms with E-state index in [0.717, 1.165) is 6.42 Å². The Hall–Kier alpha value is -0.720. The molecule has 19 heavy (non-hydrogen) atoms. The standard InChI is InChI=1S/C13H13Br2FN2O/c1-2-5-18-12(11(15)7-17-18)13(19)9-6-8(16)3-4-10(9)14/h3-4,6-7,13,19H,2,5H2,1H3. The lowest BCUT2D eigenvalue weighted by molar-refractivity contribution is 0.205. The van der Waals surface area contributed by atoms with E-state index in [1.54, 1.807) is 16.9 Å². The van der Waals surface area contributed by atoms with E-state index in [4.69, 9.17) is 0 Å². The molecule has 0 aliphatic heterocycles. The summed E-state index contributed by atoms with van der Waals surface area (Å²) in [7, 11) is 0. The molecule has 0 spiro atoms. The molecule has 1 unspecified atom stereocenters. The van der Waals surface area contributed by atoms with Crippen LogP contribution in [0.4, 0.5) is 4.39 Å². The summed E-state index contributed by atoms with van der Waals surface area (Å²) in [5, 5.41) is 14.7. The molecule has 1 heterocycles. The summed E-state index contributed by atoms with van der Waals surface area (Å²) >= 11 is 6.71. The van der Waals surface area contributed by atoms with Gasteiger partial charge in [-0.1, -0.05) is 22.9 Å². The minimum atomic E-state index is -0.937. The molecule has 2 rings (SSSR count). The average molecular weight is 392 g/mol. The zero-order chi connectivity index (χ0) is 14.0. The molecule has 102 valence electrons. The first-order valence-electron chi connectivity index (χ1n) is 5.88. The third-order valence-electron chi connectivity index (χ3n) is 2.78. The van der Waals surface area contributed by atoms with Crippen LogP contribution in [-0.4, -0.2) is 14.9 Å². The summed E-state index contributed by atoms with van der Waals surface area (Å²) in [6.07, 6.45) is 1.60. The first-order valence-corrected chi connectivity index (χ1v) is 7.47. The van der Waals surface area contributed by atoms with Crippen LogP contribution in [0, 0.1) is 5.82 Å². The zero-order valence-corrected chi connectivity index (χ0v) is 13.4. The van der Waals surface area contributed by atoms with E-state index in [1.165, 1.54) is 12.1 Å². The molecule has 1 atom stereocenters. The normalized spacial score (nSPS) is 12.7. The van der Waals surface area contributed by atoms with Crippen LogP contribution in [0.5, 0.6) is 0 Å². The van der Waals surface area contributed by atoms with Gasteiger partial charge in [0.25, 0.3) is 0 Å². The largest absolute Gasteiger partial charge is 0.382 e. The van der Waals surface area contributed by atoms with Gasteiger partial charge in [0.2, 0.25) is 0 Å². The Morgan fingerprint density at radius 3 is 2.79 bits per heavy atom. The van der Waals surface area contributed by atoms with Gasteiger partial charge in [0.15, 0.2) is 0 Å². The van der Waals surface area contributed by atoms with Crippen LogP contribution in [-0.2, 0) is 6.54 Å². The maximum atomic E-state index is 13.3. The van der Waals surface area contributed by atoms with Crippen molar-refractivity contribution in [1.29, 1.82) is 0 Å². The number of aromatic nitrogens is 2. The van der Waals surface area contributed by atoms with Crippen LogP contribution in [0.3, 0.4) is 0 Å². The number of aliphatic hydroxyl groups is 1. The van der Waals surface area contributed by atoms with Gasteiger partial charge < -0.3 is 5.11 Å². The second kappa shape index (κ2) is 6.15. The van der Waals surface area contributed by atoms with E-state index in [-0.39, 0.29) is 5.82 Å². The summed E-state index contributed by atoms with van der Waals surface area (Å²) in [6, 6.07) is 4.26. The molecule has 0 fully saturated rings. The SMILES string of the molecule is CCCn1ncc(Br)c1C(O)c1cc(F)ccc1Br. The molecular weight excluding hydrogens is 379 g/mol. The maximum absolute atomic E-state index is 13.3. The zero-order valence-electron chi connectivity index (χ0n) is 10.3. The van der Waals surface area contributed by atoms with Crippen molar-refractivity contribution in [2.24, 2.45) is 0 Å². The molecule has 0 bridgehead atoms. The van der Waals surface area contributed by atoms with E-state index >= 15 is 0 Å². The van der Waals surface area contributed by atoms with Crippen LogP contribution in [0.15, 0.2) is 33.3 Å². The minimum Gasteiger partial charge on any atom is -0.382 e. The van der Waals surface area contributed by atoms with Gasteiger partial charge in [-0.05, 0) is 40.5 Å². The number of aryl methyl sites for hydroxylation is 1. The number of nitrogens with zero attached hydrogens (tertiary/aromatic N) is 2. The second-order valence-corrected chi connectivity index (χ2v) is 5.88. The quantitative estimate of drug-likeness (QED) is 0.853. The van der Waals surface area contributed by atoms with E-state index in [1.807, 2.05) is 6.92 Å². The number of hydrogen-bond donors (Lipinski definition) is 1. The lowest BCUT2D eigenvalue weighted by atomic mass is 10.1. The van der Waals surface area contributed by atoms with Crippen molar-refractivity contribution < 1.29 is 9.50 Å². The van der Waals surface area contributed by atoms with Crippen LogP contribution in [0.1, 0.15) is 30.7 Å². The molecule has 2 aromatic rings. The van der Waals surface area contributed by atoms with Crippen LogP contribution < -0.4 is 0 Å². The lowest BCUT2D eigenvalue weighted by Crippen LogP contribution is -2.11. The molecule has 1 aromatic heterocycles. The fourth-order valence-corrected chi connectivity index (χ4v) is 2.88. The molecule has 0 aliphatic rings. The predicted molar refractivity (Wildman–Crippen MR) is 78.4 cm³/mol. The molecule has 0 radical (unpaired) electrons. The fourth-order valence-electron chi connectivity index (χ4n) is 1.91. The Labute approximate surface area is 127 Å². The smallest absolute Gasteiger partial charge is 0.123 e. The number of aliphatic hydroxyl groups excluding tert-OH is 1. The van der Waals surface area contributed by atoms with Crippen LogP contribution in [0.2, 0.25) is 0 Å². The van der Waals surface area contributed by atoms with Gasteiger partial charge in [0.05, 0.1) is 16.4 Å². The summed E-state index contributed by atoms with van der Waals surface area (Å²) < 4.78 is 16.4. The topological polar surface area (TPSA) is 38.0 Å². The third-order valence-corrected chi connectivity index (χ3v) is 4.11. The van der Waals surface area contributed by atoms with Crippen molar-refractivity contribution in [1.82, 2.24) is 9.78 Å². The number of benzene rings is 1. The van der Waals surface area contributed by atoms with Crippen molar-refractivity contribution >= 4 is 31.9 Å². The molecule has 0 aliphatic carbocycles. The Kier molecular flexibility index (Phi) is 4.76. The highest BCUT2D eigenvalue weighted by Gasteiger charge is 2.21. The van der Waals surface area contributed by atoms with Crippen molar-refractivity contribution in [2.75, 3.05) is 0 Å². The minimum absolute atomic E-state index is 0.380. The molecule has 0 saturated heterocycles. The molecule has 0 amide bonds. The summed E-state index contributed by atoms with van der Waals surface area (Å²) in [5.74, 6) is -0.380. The van der Waals surface area contributed by atoms with Gasteiger partial charge >= 0.3 is 0 Å². The van der Waals surface area contributed by atoms with Crippen molar-refractivity contribution in [3.05, 3.63) is 50.4 Å². The van der Waals surface area contributed by atoms with Crippen LogP contribution >= 0.6 is 31.9 Å². The summed E-state index contributed by atoms with van der Waals surface area (Å²) in [4.78, 5) is 0. The number of rotatable bonds is 4.